The predicted octanol–water partition coefficient (Wildman–Crippen LogP) is 1.03. The van der Waals surface area contributed by atoms with Crippen molar-refractivity contribution in [2.75, 3.05) is 19.4 Å². The predicted molar refractivity (Wildman–Crippen MR) is 81.4 cm³/mol. The minimum atomic E-state index is -3.32. The number of ether oxygens (including phenoxy) is 1. The van der Waals surface area contributed by atoms with E-state index >= 15 is 0 Å². The molecular weight excluding hydrogens is 325 g/mol. The molecule has 0 aliphatic heterocycles. The fourth-order valence-electron chi connectivity index (χ4n) is 1.90. The largest absolute Gasteiger partial charge is 0.461 e. The van der Waals surface area contributed by atoms with Crippen molar-refractivity contribution in [1.29, 1.82) is 0 Å². The van der Waals surface area contributed by atoms with E-state index in [0.717, 1.165) is 6.26 Å². The molecule has 124 valence electrons. The molecule has 23 heavy (non-hydrogen) atoms. The first-order valence-electron chi connectivity index (χ1n) is 6.70. The van der Waals surface area contributed by atoms with Gasteiger partial charge in [0.25, 0.3) is 0 Å². The van der Waals surface area contributed by atoms with E-state index in [4.69, 9.17) is 4.74 Å². The van der Waals surface area contributed by atoms with Gasteiger partial charge in [-0.15, -0.1) is 0 Å². The molecule has 9 heteroatoms. The Morgan fingerprint density at radius 2 is 2.00 bits per heavy atom. The SMILES string of the molecule is Cc1c(C(=O)OCCNS(C)(=O)=O)cnn1-c1ccc(F)cc1. The second-order valence-electron chi connectivity index (χ2n) is 4.83. The number of hydrogen-bond acceptors (Lipinski definition) is 5. The van der Waals surface area contributed by atoms with Crippen LogP contribution in [0.5, 0.6) is 0 Å². The zero-order valence-corrected chi connectivity index (χ0v) is 13.4. The molecule has 1 N–H and O–H groups in total. The van der Waals surface area contributed by atoms with E-state index in [0.29, 0.717) is 11.4 Å². The van der Waals surface area contributed by atoms with E-state index in [1.165, 1.54) is 23.0 Å². The highest BCUT2D eigenvalue weighted by atomic mass is 32.2. The van der Waals surface area contributed by atoms with Crippen molar-refractivity contribution < 1.29 is 22.3 Å². The maximum atomic E-state index is 12.9. The lowest BCUT2D eigenvalue weighted by Gasteiger charge is -2.06. The standard InChI is InChI=1S/C14H16FN3O4S/c1-10-13(14(19)22-8-7-17-23(2,20)21)9-16-18(10)12-5-3-11(15)4-6-12/h3-6,9,17H,7-8H2,1-2H3. The third-order valence-electron chi connectivity index (χ3n) is 3.00. The highest BCUT2D eigenvalue weighted by molar-refractivity contribution is 7.88. The smallest absolute Gasteiger partial charge is 0.341 e. The number of sulfonamides is 1. The zero-order valence-electron chi connectivity index (χ0n) is 12.6. The second kappa shape index (κ2) is 6.88. The van der Waals surface area contributed by atoms with Gasteiger partial charge >= 0.3 is 5.97 Å². The van der Waals surface area contributed by atoms with E-state index in [2.05, 4.69) is 9.82 Å². The molecule has 0 radical (unpaired) electrons. The molecule has 7 nitrogen and oxygen atoms in total. The Morgan fingerprint density at radius 1 is 1.35 bits per heavy atom. The number of nitrogens with zero attached hydrogens (tertiary/aromatic N) is 2. The molecule has 2 rings (SSSR count). The first-order valence-corrected chi connectivity index (χ1v) is 8.59. The van der Waals surface area contributed by atoms with E-state index < -0.39 is 16.0 Å². The van der Waals surface area contributed by atoms with Crippen molar-refractivity contribution in [3.63, 3.8) is 0 Å². The number of rotatable bonds is 6. The summed E-state index contributed by atoms with van der Waals surface area (Å²) in [5.74, 6) is -0.970. The normalized spacial score (nSPS) is 11.4. The minimum Gasteiger partial charge on any atom is -0.461 e. The molecule has 2 aromatic rings. The van der Waals surface area contributed by atoms with Crippen LogP contribution in [0.15, 0.2) is 30.5 Å². The number of esters is 1. The van der Waals surface area contributed by atoms with Crippen molar-refractivity contribution in [2.24, 2.45) is 0 Å². The summed E-state index contributed by atoms with van der Waals surface area (Å²) in [5.41, 5.74) is 1.41. The fourth-order valence-corrected chi connectivity index (χ4v) is 2.36. The van der Waals surface area contributed by atoms with Crippen LogP contribution in [0.4, 0.5) is 4.39 Å². The molecule has 1 aromatic carbocycles. The van der Waals surface area contributed by atoms with Gasteiger partial charge in [-0.3, -0.25) is 0 Å². The molecule has 0 saturated carbocycles. The Balaban J connectivity index is 2.04. The topological polar surface area (TPSA) is 90.3 Å². The Bertz CT molecular complexity index is 800. The number of carbonyl (C=O) groups excluding carboxylic acids is 1. The Hall–Kier alpha value is -2.26. The summed E-state index contributed by atoms with van der Waals surface area (Å²) in [6.07, 6.45) is 2.37. The van der Waals surface area contributed by atoms with Crippen LogP contribution in [-0.2, 0) is 14.8 Å². The number of nitrogens with one attached hydrogen (secondary N) is 1. The summed E-state index contributed by atoms with van der Waals surface area (Å²) in [4.78, 5) is 12.0. The molecule has 1 heterocycles. The number of benzene rings is 1. The molecule has 0 bridgehead atoms. The van der Waals surface area contributed by atoms with Gasteiger partial charge in [-0.25, -0.2) is 27.0 Å². The summed E-state index contributed by atoms with van der Waals surface area (Å²) in [7, 11) is -3.32. The third-order valence-corrected chi connectivity index (χ3v) is 3.73. The molecule has 1 aromatic heterocycles. The van der Waals surface area contributed by atoms with Crippen molar-refractivity contribution in [3.8, 4) is 5.69 Å². The lowest BCUT2D eigenvalue weighted by Crippen LogP contribution is -2.27. The van der Waals surface area contributed by atoms with Crippen LogP contribution in [0, 0.1) is 12.7 Å². The Labute approximate surface area is 133 Å². The van der Waals surface area contributed by atoms with Crippen molar-refractivity contribution in [3.05, 3.63) is 47.5 Å². The molecule has 0 aliphatic carbocycles. The highest BCUT2D eigenvalue weighted by Crippen LogP contribution is 2.15. The van der Waals surface area contributed by atoms with Gasteiger partial charge in [-0.2, -0.15) is 5.10 Å². The summed E-state index contributed by atoms with van der Waals surface area (Å²) < 4.78 is 43.4. The highest BCUT2D eigenvalue weighted by Gasteiger charge is 2.16. The molecular formula is C14H16FN3O4S. The fraction of sp³-hybridized carbons (Fsp3) is 0.286. The van der Waals surface area contributed by atoms with Crippen molar-refractivity contribution in [2.45, 2.75) is 6.92 Å². The van der Waals surface area contributed by atoms with Gasteiger partial charge in [0.15, 0.2) is 0 Å². The monoisotopic (exact) mass is 341 g/mol. The van der Waals surface area contributed by atoms with Crippen LogP contribution in [0.3, 0.4) is 0 Å². The van der Waals surface area contributed by atoms with E-state index in [1.807, 2.05) is 0 Å². The van der Waals surface area contributed by atoms with Crippen LogP contribution in [0.1, 0.15) is 16.1 Å². The van der Waals surface area contributed by atoms with Gasteiger partial charge in [0.2, 0.25) is 10.0 Å². The third kappa shape index (κ3) is 4.60. The molecule has 0 saturated heterocycles. The van der Waals surface area contributed by atoms with Gasteiger partial charge in [0.05, 0.1) is 23.8 Å². The van der Waals surface area contributed by atoms with Crippen molar-refractivity contribution >= 4 is 16.0 Å². The maximum Gasteiger partial charge on any atom is 0.341 e. The van der Waals surface area contributed by atoms with Crippen LogP contribution >= 0.6 is 0 Å². The molecule has 0 fully saturated rings. The molecule has 0 atom stereocenters. The first-order chi connectivity index (χ1) is 10.8. The van der Waals surface area contributed by atoms with Gasteiger partial charge in [-0.05, 0) is 31.2 Å². The van der Waals surface area contributed by atoms with E-state index in [9.17, 15) is 17.6 Å². The quantitative estimate of drug-likeness (QED) is 0.626. The lowest BCUT2D eigenvalue weighted by molar-refractivity contribution is 0.0512. The summed E-state index contributed by atoms with van der Waals surface area (Å²) in [6, 6.07) is 5.68. The zero-order chi connectivity index (χ0) is 17.0. The average molecular weight is 341 g/mol. The number of aromatic nitrogens is 2. The Morgan fingerprint density at radius 3 is 2.61 bits per heavy atom. The van der Waals surface area contributed by atoms with Crippen LogP contribution in [-0.4, -0.2) is 43.6 Å². The number of carbonyl (C=O) groups is 1. The minimum absolute atomic E-state index is 0.00425. The number of hydrogen-bond donors (Lipinski definition) is 1. The van der Waals surface area contributed by atoms with Crippen molar-refractivity contribution in [1.82, 2.24) is 14.5 Å². The summed E-state index contributed by atoms with van der Waals surface area (Å²) >= 11 is 0. The van der Waals surface area contributed by atoms with Gasteiger partial charge in [0, 0.05) is 6.54 Å². The van der Waals surface area contributed by atoms with Gasteiger partial charge in [0.1, 0.15) is 18.0 Å². The van der Waals surface area contributed by atoms with Gasteiger partial charge < -0.3 is 4.74 Å². The maximum absolute atomic E-state index is 12.9. The number of halogens is 1. The van der Waals surface area contributed by atoms with Crippen LogP contribution in [0.25, 0.3) is 5.69 Å². The average Bonchev–Trinajstić information content (AvgIpc) is 2.85. The molecule has 0 amide bonds. The molecule has 0 unspecified atom stereocenters. The first kappa shape index (κ1) is 17.1. The summed E-state index contributed by atoms with van der Waals surface area (Å²) in [6.45, 7) is 1.59. The Kier molecular flexibility index (Phi) is 5.12. The van der Waals surface area contributed by atoms with Crippen LogP contribution in [0.2, 0.25) is 0 Å². The van der Waals surface area contributed by atoms with Gasteiger partial charge in [-0.1, -0.05) is 0 Å². The van der Waals surface area contributed by atoms with Crippen LogP contribution < -0.4 is 4.72 Å². The lowest BCUT2D eigenvalue weighted by atomic mass is 10.2. The summed E-state index contributed by atoms with van der Waals surface area (Å²) in [5, 5.41) is 4.09. The second-order valence-corrected chi connectivity index (χ2v) is 6.67. The molecule has 0 aliphatic rings. The molecule has 0 spiro atoms. The van der Waals surface area contributed by atoms with E-state index in [-0.39, 0.29) is 24.5 Å². The van der Waals surface area contributed by atoms with E-state index in [1.54, 1.807) is 19.1 Å².